The SMILES string of the molecule is O=c1ccc2cnc3ccc(-c4ccc(N5CCCC5)nc4)cc3c2n1-c1cccc(C(F)(F)F)c1. The Kier molecular flexibility index (Phi) is 5.25. The second-order valence-electron chi connectivity index (χ2n) is 8.95. The minimum atomic E-state index is -4.52. The van der Waals surface area contributed by atoms with Gasteiger partial charge in [0.05, 0.1) is 16.6 Å². The van der Waals surface area contributed by atoms with Crippen LogP contribution in [0.25, 0.3) is 38.6 Å². The van der Waals surface area contributed by atoms with Crippen LogP contribution in [0.15, 0.2) is 83.9 Å². The normalized spacial score (nSPS) is 14.1. The van der Waals surface area contributed by atoms with E-state index >= 15 is 0 Å². The molecule has 0 unspecified atom stereocenters. The van der Waals surface area contributed by atoms with Gasteiger partial charge in [0.1, 0.15) is 5.82 Å². The van der Waals surface area contributed by atoms with Gasteiger partial charge < -0.3 is 4.90 Å². The largest absolute Gasteiger partial charge is 0.416 e. The first-order valence-corrected chi connectivity index (χ1v) is 11.7. The van der Waals surface area contributed by atoms with Gasteiger partial charge in [0.25, 0.3) is 5.56 Å². The Balaban J connectivity index is 1.54. The van der Waals surface area contributed by atoms with Crippen LogP contribution in [0.1, 0.15) is 18.4 Å². The topological polar surface area (TPSA) is 51.0 Å². The van der Waals surface area contributed by atoms with Crippen LogP contribution in [0, 0.1) is 0 Å². The summed E-state index contributed by atoms with van der Waals surface area (Å²) in [5.74, 6) is 0.947. The first-order chi connectivity index (χ1) is 17.4. The molecule has 1 aliphatic heterocycles. The predicted molar refractivity (Wildman–Crippen MR) is 135 cm³/mol. The summed E-state index contributed by atoms with van der Waals surface area (Å²) in [5, 5.41) is 1.32. The van der Waals surface area contributed by atoms with E-state index < -0.39 is 17.3 Å². The minimum absolute atomic E-state index is 0.148. The van der Waals surface area contributed by atoms with E-state index in [1.165, 1.54) is 35.6 Å². The summed E-state index contributed by atoms with van der Waals surface area (Å²) >= 11 is 0. The molecular weight excluding hydrogens is 465 g/mol. The van der Waals surface area contributed by atoms with Crippen molar-refractivity contribution in [3.05, 3.63) is 95.0 Å². The molecule has 6 rings (SSSR count). The van der Waals surface area contributed by atoms with E-state index in [0.717, 1.165) is 42.2 Å². The van der Waals surface area contributed by atoms with Crippen molar-refractivity contribution in [3.63, 3.8) is 0 Å². The molecule has 5 aromatic rings. The number of fused-ring (bicyclic) bond motifs is 3. The van der Waals surface area contributed by atoms with Crippen LogP contribution >= 0.6 is 0 Å². The number of aromatic nitrogens is 3. The van der Waals surface area contributed by atoms with Gasteiger partial charge in [-0.2, -0.15) is 13.2 Å². The number of benzene rings is 2. The van der Waals surface area contributed by atoms with Crippen LogP contribution in [0.4, 0.5) is 19.0 Å². The van der Waals surface area contributed by atoms with Crippen molar-refractivity contribution >= 4 is 27.6 Å². The van der Waals surface area contributed by atoms with Gasteiger partial charge in [-0.3, -0.25) is 14.3 Å². The lowest BCUT2D eigenvalue weighted by Gasteiger charge is -2.16. The van der Waals surface area contributed by atoms with Gasteiger partial charge in [-0.15, -0.1) is 0 Å². The molecule has 0 atom stereocenters. The average Bonchev–Trinajstić information content (AvgIpc) is 3.43. The third-order valence-electron chi connectivity index (χ3n) is 6.66. The number of anilines is 1. The number of rotatable bonds is 3. The van der Waals surface area contributed by atoms with Crippen LogP contribution in [-0.2, 0) is 6.18 Å². The smallest absolute Gasteiger partial charge is 0.357 e. The minimum Gasteiger partial charge on any atom is -0.357 e. The van der Waals surface area contributed by atoms with E-state index in [4.69, 9.17) is 0 Å². The highest BCUT2D eigenvalue weighted by atomic mass is 19.4. The standard InChI is InChI=1S/C28H21F3N4O/c29-28(30,31)21-4-3-5-22(15-21)35-26(36)11-8-20-17-32-24-9-6-18(14-23(24)27(20)35)19-7-10-25(33-16-19)34-12-1-2-13-34/h3-11,14-17H,1-2,12-13H2. The van der Waals surface area contributed by atoms with Crippen molar-refractivity contribution in [2.75, 3.05) is 18.0 Å². The summed E-state index contributed by atoms with van der Waals surface area (Å²) in [6.45, 7) is 2.01. The van der Waals surface area contributed by atoms with Gasteiger partial charge in [0.15, 0.2) is 0 Å². The van der Waals surface area contributed by atoms with Crippen molar-refractivity contribution in [2.24, 2.45) is 0 Å². The number of nitrogens with zero attached hydrogens (tertiary/aromatic N) is 4. The summed E-state index contributed by atoms with van der Waals surface area (Å²) < 4.78 is 41.6. The van der Waals surface area contributed by atoms with Crippen molar-refractivity contribution < 1.29 is 13.2 Å². The van der Waals surface area contributed by atoms with Crippen molar-refractivity contribution in [1.82, 2.24) is 14.5 Å². The maximum atomic E-state index is 13.4. The lowest BCUT2D eigenvalue weighted by Crippen LogP contribution is -2.18. The Labute approximate surface area is 204 Å². The van der Waals surface area contributed by atoms with E-state index in [2.05, 4.69) is 14.9 Å². The Bertz CT molecular complexity index is 1650. The lowest BCUT2D eigenvalue weighted by atomic mass is 10.0. The summed E-state index contributed by atoms with van der Waals surface area (Å²) in [6, 6.07) is 17.5. The summed E-state index contributed by atoms with van der Waals surface area (Å²) in [4.78, 5) is 24.4. The first-order valence-electron chi connectivity index (χ1n) is 11.7. The molecule has 0 aliphatic carbocycles. The van der Waals surface area contributed by atoms with Gasteiger partial charge in [0.2, 0.25) is 0 Å². The molecule has 0 radical (unpaired) electrons. The zero-order valence-electron chi connectivity index (χ0n) is 19.2. The Morgan fingerprint density at radius 2 is 1.61 bits per heavy atom. The Morgan fingerprint density at radius 3 is 2.36 bits per heavy atom. The summed E-state index contributed by atoms with van der Waals surface area (Å²) in [7, 11) is 0. The first kappa shape index (κ1) is 22.3. The molecule has 0 bridgehead atoms. The van der Waals surface area contributed by atoms with Gasteiger partial charge in [0, 0.05) is 53.6 Å². The fraction of sp³-hybridized carbons (Fsp3) is 0.179. The fourth-order valence-electron chi connectivity index (χ4n) is 4.86. The molecular formula is C28H21F3N4O. The lowest BCUT2D eigenvalue weighted by molar-refractivity contribution is -0.137. The van der Waals surface area contributed by atoms with E-state index in [1.54, 1.807) is 12.3 Å². The van der Waals surface area contributed by atoms with Crippen LogP contribution in [-0.4, -0.2) is 27.6 Å². The quantitative estimate of drug-likeness (QED) is 0.284. The fourth-order valence-corrected chi connectivity index (χ4v) is 4.86. The maximum Gasteiger partial charge on any atom is 0.416 e. The third-order valence-corrected chi connectivity index (χ3v) is 6.66. The molecule has 2 aromatic carbocycles. The summed E-state index contributed by atoms with van der Waals surface area (Å²) in [5.41, 5.74) is 1.85. The molecule has 1 aliphatic rings. The molecule has 5 nitrogen and oxygen atoms in total. The van der Waals surface area contributed by atoms with Gasteiger partial charge >= 0.3 is 6.18 Å². The zero-order chi connectivity index (χ0) is 24.9. The van der Waals surface area contributed by atoms with Crippen molar-refractivity contribution in [2.45, 2.75) is 19.0 Å². The second-order valence-corrected chi connectivity index (χ2v) is 8.95. The predicted octanol–water partition coefficient (Wildman–Crippen LogP) is 6.22. The van der Waals surface area contributed by atoms with E-state index in [-0.39, 0.29) is 5.69 Å². The molecule has 0 saturated carbocycles. The number of hydrogen-bond donors (Lipinski definition) is 0. The van der Waals surface area contributed by atoms with E-state index in [9.17, 15) is 18.0 Å². The van der Waals surface area contributed by atoms with Gasteiger partial charge in [-0.1, -0.05) is 12.1 Å². The molecule has 8 heteroatoms. The van der Waals surface area contributed by atoms with E-state index in [1.807, 2.05) is 36.5 Å². The molecule has 0 spiro atoms. The number of hydrogen-bond acceptors (Lipinski definition) is 4. The van der Waals surface area contributed by atoms with Crippen LogP contribution in [0.3, 0.4) is 0 Å². The zero-order valence-corrected chi connectivity index (χ0v) is 19.2. The van der Waals surface area contributed by atoms with Crippen molar-refractivity contribution in [1.29, 1.82) is 0 Å². The Morgan fingerprint density at radius 1 is 0.806 bits per heavy atom. The van der Waals surface area contributed by atoms with Crippen molar-refractivity contribution in [3.8, 4) is 16.8 Å². The molecule has 0 amide bonds. The Hall–Kier alpha value is -4.20. The van der Waals surface area contributed by atoms with Gasteiger partial charge in [-0.25, -0.2) is 4.98 Å². The maximum absolute atomic E-state index is 13.4. The highest BCUT2D eigenvalue weighted by Crippen LogP contribution is 2.33. The number of pyridine rings is 3. The number of halogens is 3. The second kappa shape index (κ2) is 8.48. The molecule has 1 saturated heterocycles. The highest BCUT2D eigenvalue weighted by Gasteiger charge is 2.30. The number of alkyl halides is 3. The molecule has 1 fully saturated rings. The monoisotopic (exact) mass is 486 g/mol. The third kappa shape index (κ3) is 3.88. The van der Waals surface area contributed by atoms with E-state index in [0.29, 0.717) is 21.8 Å². The molecule has 0 N–H and O–H groups in total. The van der Waals surface area contributed by atoms with Gasteiger partial charge in [-0.05, 0) is 66.9 Å². The molecule has 3 aromatic heterocycles. The summed E-state index contributed by atoms with van der Waals surface area (Å²) in [6.07, 6.45) is 1.28. The van der Waals surface area contributed by atoms with Crippen LogP contribution in [0.2, 0.25) is 0 Å². The molecule has 36 heavy (non-hydrogen) atoms. The highest BCUT2D eigenvalue weighted by molar-refractivity contribution is 6.05. The molecule has 180 valence electrons. The van der Waals surface area contributed by atoms with Crippen LogP contribution < -0.4 is 10.5 Å². The average molecular weight is 486 g/mol. The molecule has 4 heterocycles. The van der Waals surface area contributed by atoms with Crippen LogP contribution in [0.5, 0.6) is 0 Å².